The first kappa shape index (κ1) is 12.0. The molecule has 0 aromatic heterocycles. The molecule has 84 valence electrons. The van der Waals surface area contributed by atoms with E-state index in [-0.39, 0.29) is 11.3 Å². The number of amides is 1. The van der Waals surface area contributed by atoms with Crippen molar-refractivity contribution in [2.45, 2.75) is 26.2 Å². The molecular formula is C11H18N2O2. The molecule has 1 fully saturated rings. The van der Waals surface area contributed by atoms with Crippen LogP contribution in [0.1, 0.15) is 26.2 Å². The number of nitriles is 1. The zero-order valence-electron chi connectivity index (χ0n) is 9.38. The number of hydrogen-bond acceptors (Lipinski definition) is 3. The third kappa shape index (κ3) is 3.52. The minimum absolute atomic E-state index is 0.166. The fourth-order valence-electron chi connectivity index (χ4n) is 1.50. The van der Waals surface area contributed by atoms with E-state index in [9.17, 15) is 4.79 Å². The topological polar surface area (TPSA) is 62.1 Å². The van der Waals surface area contributed by atoms with Crippen molar-refractivity contribution in [3.63, 3.8) is 0 Å². The molecule has 0 radical (unpaired) electrons. The molecule has 4 heteroatoms. The molecule has 0 saturated heterocycles. The van der Waals surface area contributed by atoms with E-state index < -0.39 is 5.92 Å². The van der Waals surface area contributed by atoms with Crippen molar-refractivity contribution in [3.8, 4) is 6.07 Å². The molecule has 0 heterocycles. The summed E-state index contributed by atoms with van der Waals surface area (Å²) in [7, 11) is 1.69. The summed E-state index contributed by atoms with van der Waals surface area (Å²) in [6.07, 6.45) is 3.29. The maximum atomic E-state index is 11.4. The molecule has 15 heavy (non-hydrogen) atoms. The van der Waals surface area contributed by atoms with Crippen molar-refractivity contribution >= 4 is 5.91 Å². The van der Waals surface area contributed by atoms with Crippen LogP contribution in [-0.2, 0) is 9.53 Å². The van der Waals surface area contributed by atoms with Crippen molar-refractivity contribution in [2.75, 3.05) is 20.3 Å². The van der Waals surface area contributed by atoms with Crippen LogP contribution >= 0.6 is 0 Å². The second-order valence-corrected chi connectivity index (χ2v) is 4.31. The zero-order chi connectivity index (χ0) is 11.3. The summed E-state index contributed by atoms with van der Waals surface area (Å²) in [4.78, 5) is 11.4. The van der Waals surface area contributed by atoms with Crippen LogP contribution < -0.4 is 5.32 Å². The Morgan fingerprint density at radius 3 is 2.80 bits per heavy atom. The third-order valence-corrected chi connectivity index (χ3v) is 3.02. The number of carbonyl (C=O) groups is 1. The summed E-state index contributed by atoms with van der Waals surface area (Å²) < 4.78 is 5.03. The summed E-state index contributed by atoms with van der Waals surface area (Å²) >= 11 is 0. The molecule has 1 N–H and O–H groups in total. The fourth-order valence-corrected chi connectivity index (χ4v) is 1.50. The van der Waals surface area contributed by atoms with Gasteiger partial charge in [0.1, 0.15) is 5.92 Å². The fraction of sp³-hybridized carbons (Fsp3) is 0.818. The zero-order valence-corrected chi connectivity index (χ0v) is 9.38. The van der Waals surface area contributed by atoms with Gasteiger partial charge in [0.15, 0.2) is 0 Å². The van der Waals surface area contributed by atoms with Crippen LogP contribution in [-0.4, -0.2) is 26.2 Å². The quantitative estimate of drug-likeness (QED) is 0.713. The summed E-state index contributed by atoms with van der Waals surface area (Å²) in [5.74, 6) is -0.718. The predicted molar refractivity (Wildman–Crippen MR) is 55.9 cm³/mol. The average Bonchev–Trinajstić information content (AvgIpc) is 3.03. The Kier molecular flexibility index (Phi) is 4.10. The highest BCUT2D eigenvalue weighted by Gasteiger charge is 2.42. The van der Waals surface area contributed by atoms with Gasteiger partial charge in [0.05, 0.1) is 6.07 Å². The number of ether oxygens (including phenoxy) is 1. The van der Waals surface area contributed by atoms with E-state index in [1.807, 2.05) is 6.07 Å². The molecule has 1 atom stereocenters. The Hall–Kier alpha value is -1.08. The van der Waals surface area contributed by atoms with Gasteiger partial charge in [-0.15, -0.1) is 0 Å². The molecule has 1 unspecified atom stereocenters. The number of carbonyl (C=O) groups excluding carboxylic acids is 1. The first-order valence-electron chi connectivity index (χ1n) is 5.30. The second-order valence-electron chi connectivity index (χ2n) is 4.31. The first-order valence-corrected chi connectivity index (χ1v) is 5.30. The van der Waals surface area contributed by atoms with Gasteiger partial charge in [0, 0.05) is 20.3 Å². The van der Waals surface area contributed by atoms with Crippen LogP contribution in [0.2, 0.25) is 0 Å². The monoisotopic (exact) mass is 210 g/mol. The molecule has 0 aliphatic heterocycles. The number of methoxy groups -OCH3 is 1. The van der Waals surface area contributed by atoms with Gasteiger partial charge in [0.25, 0.3) is 0 Å². The van der Waals surface area contributed by atoms with Crippen LogP contribution in [0.25, 0.3) is 0 Å². The maximum Gasteiger partial charge on any atom is 0.237 e. The maximum absolute atomic E-state index is 11.4. The van der Waals surface area contributed by atoms with Crippen molar-refractivity contribution in [1.82, 2.24) is 5.32 Å². The van der Waals surface area contributed by atoms with Crippen molar-refractivity contribution in [3.05, 3.63) is 0 Å². The van der Waals surface area contributed by atoms with Crippen molar-refractivity contribution in [2.24, 2.45) is 11.3 Å². The van der Waals surface area contributed by atoms with Crippen LogP contribution in [0.5, 0.6) is 0 Å². The average molecular weight is 210 g/mol. The van der Waals surface area contributed by atoms with Crippen molar-refractivity contribution in [1.29, 1.82) is 5.26 Å². The molecule has 1 amide bonds. The molecule has 0 aromatic rings. The molecule has 1 rings (SSSR count). The van der Waals surface area contributed by atoms with Crippen LogP contribution in [0.15, 0.2) is 0 Å². The molecular weight excluding hydrogens is 192 g/mol. The molecule has 0 aromatic carbocycles. The van der Waals surface area contributed by atoms with E-state index in [0.717, 1.165) is 25.9 Å². The van der Waals surface area contributed by atoms with E-state index in [4.69, 9.17) is 10.00 Å². The summed E-state index contributed by atoms with van der Waals surface area (Å²) in [6, 6.07) is 1.93. The highest BCUT2D eigenvalue weighted by Crippen LogP contribution is 2.48. The molecule has 1 aliphatic rings. The first-order chi connectivity index (χ1) is 7.13. The number of nitrogens with one attached hydrogen (secondary N) is 1. The Balaban J connectivity index is 2.25. The predicted octanol–water partition coefficient (Wildman–Crippen LogP) is 1.08. The molecule has 1 aliphatic carbocycles. The van der Waals surface area contributed by atoms with Crippen LogP contribution in [0.4, 0.5) is 0 Å². The van der Waals surface area contributed by atoms with Gasteiger partial charge in [-0.25, -0.2) is 0 Å². The largest absolute Gasteiger partial charge is 0.385 e. The smallest absolute Gasteiger partial charge is 0.237 e. The van der Waals surface area contributed by atoms with E-state index in [2.05, 4.69) is 5.32 Å². The molecule has 4 nitrogen and oxygen atoms in total. The van der Waals surface area contributed by atoms with E-state index in [1.54, 1.807) is 14.0 Å². The van der Waals surface area contributed by atoms with Gasteiger partial charge >= 0.3 is 0 Å². The van der Waals surface area contributed by atoms with Crippen LogP contribution in [0.3, 0.4) is 0 Å². The minimum atomic E-state index is -0.553. The van der Waals surface area contributed by atoms with E-state index in [1.165, 1.54) is 0 Å². The number of hydrogen-bond donors (Lipinski definition) is 1. The summed E-state index contributed by atoms with van der Waals surface area (Å²) in [5, 5.41) is 11.4. The lowest BCUT2D eigenvalue weighted by atomic mass is 10.0. The third-order valence-electron chi connectivity index (χ3n) is 3.02. The van der Waals surface area contributed by atoms with Gasteiger partial charge in [-0.3, -0.25) is 4.79 Å². The van der Waals surface area contributed by atoms with Crippen LogP contribution in [0, 0.1) is 22.7 Å². The minimum Gasteiger partial charge on any atom is -0.385 e. The molecule has 1 saturated carbocycles. The van der Waals surface area contributed by atoms with Gasteiger partial charge < -0.3 is 10.1 Å². The van der Waals surface area contributed by atoms with Gasteiger partial charge in [0.2, 0.25) is 5.91 Å². The highest BCUT2D eigenvalue weighted by molar-refractivity contribution is 5.80. The highest BCUT2D eigenvalue weighted by atomic mass is 16.5. The van der Waals surface area contributed by atoms with Gasteiger partial charge in [-0.2, -0.15) is 5.26 Å². The van der Waals surface area contributed by atoms with E-state index >= 15 is 0 Å². The SMILES string of the molecule is COCCC1(CNC(=O)C(C)C#N)CC1. The normalized spacial score (nSPS) is 19.0. The number of rotatable bonds is 6. The lowest BCUT2D eigenvalue weighted by molar-refractivity contribution is -0.123. The number of nitrogens with zero attached hydrogens (tertiary/aromatic N) is 1. The molecule has 0 spiro atoms. The van der Waals surface area contributed by atoms with Gasteiger partial charge in [-0.1, -0.05) is 0 Å². The van der Waals surface area contributed by atoms with E-state index in [0.29, 0.717) is 6.54 Å². The Bertz CT molecular complexity index is 266. The van der Waals surface area contributed by atoms with Gasteiger partial charge in [-0.05, 0) is 31.6 Å². The Morgan fingerprint density at radius 1 is 1.67 bits per heavy atom. The summed E-state index contributed by atoms with van der Waals surface area (Å²) in [6.45, 7) is 3.04. The Morgan fingerprint density at radius 2 is 2.33 bits per heavy atom. The Labute approximate surface area is 90.6 Å². The lowest BCUT2D eigenvalue weighted by Gasteiger charge is -2.15. The molecule has 0 bridgehead atoms. The second kappa shape index (κ2) is 5.13. The van der Waals surface area contributed by atoms with Crippen molar-refractivity contribution < 1.29 is 9.53 Å². The summed E-state index contributed by atoms with van der Waals surface area (Å²) in [5.41, 5.74) is 0.251. The standard InChI is InChI=1S/C11H18N2O2/c1-9(7-12)10(14)13-8-11(3-4-11)5-6-15-2/h9H,3-6,8H2,1-2H3,(H,13,14). The lowest BCUT2D eigenvalue weighted by Crippen LogP contribution is -2.34.